The molecular formula is C21H14ClNO3S. The maximum atomic E-state index is 12.5. The molecule has 0 aliphatic rings. The fraction of sp³-hybridized carbons (Fsp3) is 0. The Balaban J connectivity index is 1.99. The summed E-state index contributed by atoms with van der Waals surface area (Å²) in [4.78, 5) is 0.0574. The van der Waals surface area contributed by atoms with Crippen molar-refractivity contribution in [1.82, 2.24) is 0 Å². The summed E-state index contributed by atoms with van der Waals surface area (Å²) in [6.07, 6.45) is 1.58. The smallest absolute Gasteiger partial charge is 0.339 e. The summed E-state index contributed by atoms with van der Waals surface area (Å²) in [7, 11) is -3.98. The normalized spacial score (nSPS) is 11.6. The van der Waals surface area contributed by atoms with Gasteiger partial charge in [0.1, 0.15) is 10.6 Å². The molecule has 0 N–H and O–H groups in total. The summed E-state index contributed by atoms with van der Waals surface area (Å²) < 4.78 is 30.3. The van der Waals surface area contributed by atoms with Crippen molar-refractivity contribution in [2.75, 3.05) is 0 Å². The lowest BCUT2D eigenvalue weighted by molar-refractivity contribution is 0.485. The van der Waals surface area contributed by atoms with Gasteiger partial charge in [-0.3, -0.25) is 0 Å². The van der Waals surface area contributed by atoms with Crippen LogP contribution in [0.4, 0.5) is 0 Å². The van der Waals surface area contributed by atoms with Crippen LogP contribution in [0.3, 0.4) is 0 Å². The highest BCUT2D eigenvalue weighted by molar-refractivity contribution is 7.87. The maximum absolute atomic E-state index is 12.5. The Morgan fingerprint density at radius 3 is 2.22 bits per heavy atom. The largest absolute Gasteiger partial charge is 0.378 e. The van der Waals surface area contributed by atoms with Gasteiger partial charge in [0.25, 0.3) is 0 Å². The molecule has 0 spiro atoms. The van der Waals surface area contributed by atoms with E-state index in [2.05, 4.69) is 6.07 Å². The highest BCUT2D eigenvalue weighted by atomic mass is 35.5. The van der Waals surface area contributed by atoms with Gasteiger partial charge in [-0.1, -0.05) is 60.1 Å². The van der Waals surface area contributed by atoms with Crippen LogP contribution < -0.4 is 4.18 Å². The number of rotatable bonds is 5. The monoisotopic (exact) mass is 395 g/mol. The van der Waals surface area contributed by atoms with Crippen LogP contribution in [-0.4, -0.2) is 8.42 Å². The summed E-state index contributed by atoms with van der Waals surface area (Å²) >= 11 is 5.89. The number of nitrogens with zero attached hydrogens (tertiary/aromatic N) is 1. The lowest BCUT2D eigenvalue weighted by Crippen LogP contribution is -2.10. The molecule has 0 saturated heterocycles. The van der Waals surface area contributed by atoms with Crippen molar-refractivity contribution >= 4 is 33.4 Å². The van der Waals surface area contributed by atoms with Crippen LogP contribution in [0.15, 0.2) is 83.8 Å². The van der Waals surface area contributed by atoms with Gasteiger partial charge in [0.15, 0.2) is 0 Å². The quantitative estimate of drug-likeness (QED) is 0.339. The molecule has 0 aromatic heterocycles. The van der Waals surface area contributed by atoms with Crippen LogP contribution in [0.5, 0.6) is 5.75 Å². The van der Waals surface area contributed by atoms with Gasteiger partial charge in [0.05, 0.1) is 11.6 Å². The maximum Gasteiger partial charge on any atom is 0.339 e. The van der Waals surface area contributed by atoms with Gasteiger partial charge in [-0.2, -0.15) is 13.7 Å². The molecule has 0 unspecified atom stereocenters. The van der Waals surface area contributed by atoms with E-state index in [0.717, 1.165) is 0 Å². The first kappa shape index (κ1) is 18.7. The van der Waals surface area contributed by atoms with E-state index in [4.69, 9.17) is 15.8 Å². The van der Waals surface area contributed by atoms with Crippen LogP contribution in [0.25, 0.3) is 11.6 Å². The fourth-order valence-corrected chi connectivity index (χ4v) is 3.50. The van der Waals surface area contributed by atoms with Gasteiger partial charge >= 0.3 is 10.1 Å². The minimum Gasteiger partial charge on any atom is -0.378 e. The molecule has 3 aromatic rings. The van der Waals surface area contributed by atoms with E-state index in [1.54, 1.807) is 72.8 Å². The second-order valence-electron chi connectivity index (χ2n) is 5.57. The average molecular weight is 396 g/mol. The highest BCUT2D eigenvalue weighted by Gasteiger charge is 2.17. The van der Waals surface area contributed by atoms with Crippen molar-refractivity contribution in [1.29, 1.82) is 5.26 Å². The molecule has 0 bridgehead atoms. The van der Waals surface area contributed by atoms with Gasteiger partial charge in [-0.15, -0.1) is 0 Å². The van der Waals surface area contributed by atoms with Gasteiger partial charge < -0.3 is 4.18 Å². The van der Waals surface area contributed by atoms with E-state index >= 15 is 0 Å². The van der Waals surface area contributed by atoms with Crippen LogP contribution in [0.2, 0.25) is 5.02 Å². The number of nitriles is 1. The van der Waals surface area contributed by atoms with Crippen LogP contribution in [0.1, 0.15) is 11.1 Å². The Morgan fingerprint density at radius 2 is 1.56 bits per heavy atom. The summed E-state index contributed by atoms with van der Waals surface area (Å²) in [5, 5.41) is 10.1. The Morgan fingerprint density at radius 1 is 0.926 bits per heavy atom. The Hall–Kier alpha value is -3.07. The predicted octanol–water partition coefficient (Wildman–Crippen LogP) is 5.17. The molecule has 0 aliphatic heterocycles. The molecule has 0 atom stereocenters. The Bertz CT molecular complexity index is 1120. The lowest BCUT2D eigenvalue weighted by atomic mass is 10.0. The number of halogens is 1. The molecule has 0 heterocycles. The van der Waals surface area contributed by atoms with Crippen LogP contribution in [-0.2, 0) is 10.1 Å². The summed E-state index contributed by atoms with van der Waals surface area (Å²) in [6, 6.07) is 23.5. The average Bonchev–Trinajstić information content (AvgIpc) is 2.68. The standard InChI is InChI=1S/C21H14ClNO3S/c22-19-12-10-16(11-13-19)18(15-23)14-17-6-4-5-9-21(17)26-27(24,25)20-7-2-1-3-8-20/h1-14H/b18-14+. The fourth-order valence-electron chi connectivity index (χ4n) is 2.39. The molecule has 134 valence electrons. The SMILES string of the molecule is N#C/C(=C\c1ccccc1OS(=O)(=O)c1ccccc1)c1ccc(Cl)cc1. The number of hydrogen-bond donors (Lipinski definition) is 0. The van der Waals surface area contributed by atoms with Crippen LogP contribution in [0, 0.1) is 11.3 Å². The first-order chi connectivity index (χ1) is 13.0. The van der Waals surface area contributed by atoms with E-state index in [9.17, 15) is 13.7 Å². The Labute approximate surface area is 163 Å². The Kier molecular flexibility index (Phi) is 5.60. The summed E-state index contributed by atoms with van der Waals surface area (Å²) in [5.74, 6) is 0.142. The van der Waals surface area contributed by atoms with Crippen molar-refractivity contribution < 1.29 is 12.6 Å². The zero-order valence-corrected chi connectivity index (χ0v) is 15.6. The third-order valence-corrected chi connectivity index (χ3v) is 5.23. The number of allylic oxidation sites excluding steroid dienone is 1. The molecule has 0 saturated carbocycles. The van der Waals surface area contributed by atoms with Crippen molar-refractivity contribution in [2.24, 2.45) is 0 Å². The second-order valence-corrected chi connectivity index (χ2v) is 7.55. The molecule has 0 aliphatic carbocycles. The van der Waals surface area contributed by atoms with Gasteiger partial charge in [0, 0.05) is 10.6 Å². The predicted molar refractivity (Wildman–Crippen MR) is 106 cm³/mol. The van der Waals surface area contributed by atoms with E-state index in [1.807, 2.05) is 0 Å². The molecule has 6 heteroatoms. The minimum absolute atomic E-state index is 0.0574. The van der Waals surface area contributed by atoms with Gasteiger partial charge in [0.2, 0.25) is 0 Å². The van der Waals surface area contributed by atoms with Gasteiger partial charge in [-0.05, 0) is 42.0 Å². The van der Waals surface area contributed by atoms with Crippen molar-refractivity contribution in [3.63, 3.8) is 0 Å². The first-order valence-corrected chi connectivity index (χ1v) is 9.74. The summed E-state index contributed by atoms with van der Waals surface area (Å²) in [5.41, 5.74) is 1.51. The molecule has 0 radical (unpaired) electrons. The van der Waals surface area contributed by atoms with Gasteiger partial charge in [-0.25, -0.2) is 0 Å². The topological polar surface area (TPSA) is 67.2 Å². The third-order valence-electron chi connectivity index (χ3n) is 3.73. The molecular weight excluding hydrogens is 382 g/mol. The zero-order valence-electron chi connectivity index (χ0n) is 14.0. The van der Waals surface area contributed by atoms with Crippen molar-refractivity contribution in [3.8, 4) is 11.8 Å². The van der Waals surface area contributed by atoms with E-state index in [1.165, 1.54) is 12.1 Å². The number of benzene rings is 3. The molecule has 3 aromatic carbocycles. The van der Waals surface area contributed by atoms with E-state index in [0.29, 0.717) is 21.7 Å². The van der Waals surface area contributed by atoms with Crippen molar-refractivity contribution in [3.05, 3.63) is 95.0 Å². The van der Waals surface area contributed by atoms with E-state index < -0.39 is 10.1 Å². The number of hydrogen-bond acceptors (Lipinski definition) is 4. The number of para-hydroxylation sites is 1. The molecule has 0 amide bonds. The lowest BCUT2D eigenvalue weighted by Gasteiger charge is -2.10. The molecule has 4 nitrogen and oxygen atoms in total. The second kappa shape index (κ2) is 8.09. The first-order valence-electron chi connectivity index (χ1n) is 7.96. The zero-order chi connectivity index (χ0) is 19.3. The molecule has 0 fully saturated rings. The highest BCUT2D eigenvalue weighted by Crippen LogP contribution is 2.27. The minimum atomic E-state index is -3.98. The summed E-state index contributed by atoms with van der Waals surface area (Å²) in [6.45, 7) is 0. The van der Waals surface area contributed by atoms with E-state index in [-0.39, 0.29) is 10.6 Å². The van der Waals surface area contributed by atoms with Crippen LogP contribution >= 0.6 is 11.6 Å². The molecule has 27 heavy (non-hydrogen) atoms. The third kappa shape index (κ3) is 4.56. The van der Waals surface area contributed by atoms with Crippen molar-refractivity contribution in [2.45, 2.75) is 4.90 Å². The molecule has 3 rings (SSSR count).